The van der Waals surface area contributed by atoms with Crippen LogP contribution in [0.4, 0.5) is 0 Å². The molecule has 0 fully saturated rings. The Bertz CT molecular complexity index is 653. The maximum Gasteiger partial charge on any atom is 0.129 e. The van der Waals surface area contributed by atoms with Gasteiger partial charge in [0.1, 0.15) is 18.1 Å². The van der Waals surface area contributed by atoms with Crippen molar-refractivity contribution in [3.05, 3.63) is 58.9 Å². The van der Waals surface area contributed by atoms with Gasteiger partial charge in [-0.1, -0.05) is 18.2 Å². The molecule has 1 unspecified atom stereocenters. The molecule has 0 aliphatic rings. The van der Waals surface area contributed by atoms with Gasteiger partial charge in [0.25, 0.3) is 0 Å². The zero-order valence-electron chi connectivity index (χ0n) is 10.6. The number of methoxy groups -OCH3 is 1. The summed E-state index contributed by atoms with van der Waals surface area (Å²) < 4.78 is 12.0. The monoisotopic (exact) mass is 273 g/mol. The number of hydrogen-bond donors (Lipinski definition) is 1. The normalized spacial score (nSPS) is 12.9. The lowest BCUT2D eigenvalue weighted by Gasteiger charge is -2.05. The van der Waals surface area contributed by atoms with E-state index in [9.17, 15) is 0 Å². The third-order valence-electron chi connectivity index (χ3n) is 3.03. The summed E-state index contributed by atoms with van der Waals surface area (Å²) in [7, 11) is 1.65. The SMILES string of the molecule is COCc1ccc(C(N)c2cc3ccccc3s2)o1. The molecule has 0 amide bonds. The van der Waals surface area contributed by atoms with Crippen LogP contribution in [0.1, 0.15) is 22.4 Å². The number of furan rings is 1. The minimum absolute atomic E-state index is 0.219. The Morgan fingerprint density at radius 1 is 1.26 bits per heavy atom. The van der Waals surface area contributed by atoms with Crippen LogP contribution in [-0.2, 0) is 11.3 Å². The molecule has 0 aliphatic carbocycles. The van der Waals surface area contributed by atoms with E-state index in [1.54, 1.807) is 18.4 Å². The third kappa shape index (κ3) is 2.42. The Morgan fingerprint density at radius 3 is 2.89 bits per heavy atom. The first-order chi connectivity index (χ1) is 9.28. The molecule has 2 N–H and O–H groups in total. The van der Waals surface area contributed by atoms with Crippen molar-refractivity contribution < 1.29 is 9.15 Å². The van der Waals surface area contributed by atoms with E-state index >= 15 is 0 Å². The van der Waals surface area contributed by atoms with E-state index in [4.69, 9.17) is 14.9 Å². The van der Waals surface area contributed by atoms with E-state index in [1.165, 1.54) is 10.1 Å². The van der Waals surface area contributed by atoms with Gasteiger partial charge in [-0.05, 0) is 29.7 Å². The Hall–Kier alpha value is -1.62. The number of hydrogen-bond acceptors (Lipinski definition) is 4. The standard InChI is InChI=1S/C15H15NO2S/c1-17-9-11-6-7-12(18-11)15(16)14-8-10-4-2-3-5-13(10)19-14/h2-8,15H,9,16H2,1H3. The average molecular weight is 273 g/mol. The number of nitrogens with two attached hydrogens (primary N) is 1. The fourth-order valence-corrected chi connectivity index (χ4v) is 3.15. The zero-order valence-corrected chi connectivity index (χ0v) is 11.4. The first kappa shape index (κ1) is 12.4. The highest BCUT2D eigenvalue weighted by Gasteiger charge is 2.16. The summed E-state index contributed by atoms with van der Waals surface area (Å²) in [6.45, 7) is 0.471. The smallest absolute Gasteiger partial charge is 0.129 e. The van der Waals surface area contributed by atoms with E-state index in [-0.39, 0.29) is 6.04 Å². The topological polar surface area (TPSA) is 48.4 Å². The summed E-state index contributed by atoms with van der Waals surface area (Å²) in [4.78, 5) is 1.11. The molecule has 3 rings (SSSR count). The number of rotatable bonds is 4. The van der Waals surface area contributed by atoms with Crippen LogP contribution in [-0.4, -0.2) is 7.11 Å². The second-order valence-electron chi connectivity index (χ2n) is 4.40. The van der Waals surface area contributed by atoms with Crippen molar-refractivity contribution >= 4 is 21.4 Å². The van der Waals surface area contributed by atoms with Gasteiger partial charge in [0, 0.05) is 16.7 Å². The van der Waals surface area contributed by atoms with Gasteiger partial charge in [-0.3, -0.25) is 0 Å². The summed E-state index contributed by atoms with van der Waals surface area (Å²) in [6.07, 6.45) is 0. The molecule has 2 heterocycles. The first-order valence-electron chi connectivity index (χ1n) is 6.09. The first-order valence-corrected chi connectivity index (χ1v) is 6.91. The molecular weight excluding hydrogens is 258 g/mol. The zero-order chi connectivity index (χ0) is 13.2. The van der Waals surface area contributed by atoms with Crippen molar-refractivity contribution in [1.29, 1.82) is 0 Å². The van der Waals surface area contributed by atoms with Crippen LogP contribution in [0, 0.1) is 0 Å². The number of ether oxygens (including phenoxy) is 1. The van der Waals surface area contributed by atoms with Gasteiger partial charge in [0.2, 0.25) is 0 Å². The fourth-order valence-electron chi connectivity index (χ4n) is 2.08. The molecule has 2 aromatic heterocycles. The predicted octanol–water partition coefficient (Wildman–Crippen LogP) is 3.69. The van der Waals surface area contributed by atoms with Crippen LogP contribution in [0.5, 0.6) is 0 Å². The molecule has 0 bridgehead atoms. The quantitative estimate of drug-likeness (QED) is 0.788. The maximum atomic E-state index is 6.27. The Labute approximate surface area is 115 Å². The molecular formula is C15H15NO2S. The molecule has 1 aromatic carbocycles. The summed E-state index contributed by atoms with van der Waals surface area (Å²) >= 11 is 1.71. The van der Waals surface area contributed by atoms with Gasteiger partial charge in [-0.25, -0.2) is 0 Å². The molecule has 0 spiro atoms. The Balaban J connectivity index is 1.91. The number of benzene rings is 1. The summed E-state index contributed by atoms with van der Waals surface area (Å²) in [5, 5.41) is 1.22. The van der Waals surface area contributed by atoms with Crippen molar-refractivity contribution in [2.75, 3.05) is 7.11 Å². The highest BCUT2D eigenvalue weighted by atomic mass is 32.1. The molecule has 0 radical (unpaired) electrons. The average Bonchev–Trinajstić information content (AvgIpc) is 3.04. The van der Waals surface area contributed by atoms with Crippen LogP contribution >= 0.6 is 11.3 Å². The molecule has 1 atom stereocenters. The van der Waals surface area contributed by atoms with Crippen LogP contribution in [0.3, 0.4) is 0 Å². The van der Waals surface area contributed by atoms with Crippen molar-refractivity contribution in [2.24, 2.45) is 5.73 Å². The summed E-state index contributed by atoms with van der Waals surface area (Å²) in [5.41, 5.74) is 6.27. The van der Waals surface area contributed by atoms with E-state index in [0.717, 1.165) is 16.4 Å². The van der Waals surface area contributed by atoms with E-state index < -0.39 is 0 Å². The summed E-state index contributed by atoms with van der Waals surface area (Å²) in [5.74, 6) is 1.58. The molecule has 0 saturated carbocycles. The van der Waals surface area contributed by atoms with Crippen molar-refractivity contribution in [2.45, 2.75) is 12.6 Å². The third-order valence-corrected chi connectivity index (χ3v) is 4.23. The molecule has 98 valence electrons. The van der Waals surface area contributed by atoms with Crippen LogP contribution in [0.15, 0.2) is 46.9 Å². The van der Waals surface area contributed by atoms with Gasteiger partial charge in [0.05, 0.1) is 6.04 Å². The minimum atomic E-state index is -0.219. The lowest BCUT2D eigenvalue weighted by molar-refractivity contribution is 0.162. The van der Waals surface area contributed by atoms with Crippen LogP contribution in [0.2, 0.25) is 0 Å². The maximum absolute atomic E-state index is 6.27. The van der Waals surface area contributed by atoms with Crippen LogP contribution in [0.25, 0.3) is 10.1 Å². The summed E-state index contributed by atoms with van der Waals surface area (Å²) in [6, 6.07) is 14.0. The van der Waals surface area contributed by atoms with E-state index in [2.05, 4.69) is 18.2 Å². The molecule has 0 saturated heterocycles. The lowest BCUT2D eigenvalue weighted by atomic mass is 10.2. The van der Waals surface area contributed by atoms with Gasteiger partial charge in [-0.2, -0.15) is 0 Å². The molecule has 3 aromatic rings. The molecule has 19 heavy (non-hydrogen) atoms. The second kappa shape index (κ2) is 5.17. The van der Waals surface area contributed by atoms with Crippen LogP contribution < -0.4 is 5.73 Å². The minimum Gasteiger partial charge on any atom is -0.462 e. The lowest BCUT2D eigenvalue weighted by Crippen LogP contribution is -2.08. The largest absolute Gasteiger partial charge is 0.462 e. The van der Waals surface area contributed by atoms with Gasteiger partial charge < -0.3 is 14.9 Å². The van der Waals surface area contributed by atoms with Gasteiger partial charge in [-0.15, -0.1) is 11.3 Å². The highest BCUT2D eigenvalue weighted by molar-refractivity contribution is 7.19. The van der Waals surface area contributed by atoms with Crippen molar-refractivity contribution in [3.8, 4) is 0 Å². The van der Waals surface area contributed by atoms with Gasteiger partial charge >= 0.3 is 0 Å². The number of thiophene rings is 1. The Kier molecular flexibility index (Phi) is 3.38. The molecule has 3 nitrogen and oxygen atoms in total. The predicted molar refractivity (Wildman–Crippen MR) is 77.3 cm³/mol. The van der Waals surface area contributed by atoms with E-state index in [0.29, 0.717) is 6.61 Å². The molecule has 4 heteroatoms. The molecule has 0 aliphatic heterocycles. The highest BCUT2D eigenvalue weighted by Crippen LogP contribution is 2.32. The number of fused-ring (bicyclic) bond motifs is 1. The van der Waals surface area contributed by atoms with Crippen molar-refractivity contribution in [1.82, 2.24) is 0 Å². The fraction of sp³-hybridized carbons (Fsp3) is 0.200. The van der Waals surface area contributed by atoms with Gasteiger partial charge in [0.15, 0.2) is 0 Å². The van der Waals surface area contributed by atoms with Crippen molar-refractivity contribution in [3.63, 3.8) is 0 Å². The second-order valence-corrected chi connectivity index (χ2v) is 5.52. The Morgan fingerprint density at radius 2 is 2.11 bits per heavy atom. The van der Waals surface area contributed by atoms with E-state index in [1.807, 2.05) is 24.3 Å².